The summed E-state index contributed by atoms with van der Waals surface area (Å²) >= 11 is 5.87. The Labute approximate surface area is 133 Å². The van der Waals surface area contributed by atoms with Crippen molar-refractivity contribution in [3.8, 4) is 11.3 Å². The molecule has 0 aliphatic carbocycles. The number of benzene rings is 1. The molecular formula is C16H17ClN2O3. The first-order valence-electron chi connectivity index (χ1n) is 7.09. The summed E-state index contributed by atoms with van der Waals surface area (Å²) in [7, 11) is 0. The molecule has 22 heavy (non-hydrogen) atoms. The van der Waals surface area contributed by atoms with Gasteiger partial charge in [-0.1, -0.05) is 30.7 Å². The van der Waals surface area contributed by atoms with Crippen molar-refractivity contribution in [1.82, 2.24) is 9.78 Å². The van der Waals surface area contributed by atoms with Gasteiger partial charge in [0.25, 0.3) is 5.56 Å². The highest BCUT2D eigenvalue weighted by Gasteiger charge is 2.22. The number of aromatic nitrogens is 2. The van der Waals surface area contributed by atoms with E-state index in [9.17, 15) is 9.59 Å². The van der Waals surface area contributed by atoms with Gasteiger partial charge in [0, 0.05) is 16.7 Å². The van der Waals surface area contributed by atoms with E-state index in [-0.39, 0.29) is 12.2 Å². The second-order valence-electron chi connectivity index (χ2n) is 4.68. The van der Waals surface area contributed by atoms with E-state index in [1.54, 1.807) is 25.1 Å². The van der Waals surface area contributed by atoms with Crippen molar-refractivity contribution in [2.45, 2.75) is 26.3 Å². The van der Waals surface area contributed by atoms with Gasteiger partial charge in [-0.15, -0.1) is 0 Å². The summed E-state index contributed by atoms with van der Waals surface area (Å²) in [6.45, 7) is 3.80. The van der Waals surface area contributed by atoms with Crippen molar-refractivity contribution in [2.24, 2.45) is 0 Å². The first-order valence-corrected chi connectivity index (χ1v) is 7.47. The summed E-state index contributed by atoms with van der Waals surface area (Å²) in [6.07, 6.45) is 0.426. The minimum atomic E-state index is -0.722. The first-order chi connectivity index (χ1) is 10.6. The minimum Gasteiger partial charge on any atom is -0.464 e. The molecule has 0 spiro atoms. The molecule has 0 radical (unpaired) electrons. The van der Waals surface area contributed by atoms with Crippen LogP contribution < -0.4 is 5.56 Å². The fourth-order valence-corrected chi connectivity index (χ4v) is 2.23. The molecule has 1 aromatic heterocycles. The second kappa shape index (κ2) is 7.22. The molecule has 6 heteroatoms. The fourth-order valence-electron chi connectivity index (χ4n) is 2.10. The van der Waals surface area contributed by atoms with Gasteiger partial charge in [0.1, 0.15) is 0 Å². The average Bonchev–Trinajstić information content (AvgIpc) is 2.51. The molecule has 1 aromatic carbocycles. The molecule has 2 aromatic rings. The van der Waals surface area contributed by atoms with Gasteiger partial charge in [-0.3, -0.25) is 4.79 Å². The SMILES string of the molecule is CCOC(=O)[C@@H](CC)n1nc(-c2ccc(Cl)cc2)ccc1=O. The smallest absolute Gasteiger partial charge is 0.331 e. The normalized spacial score (nSPS) is 12.0. The third-order valence-electron chi connectivity index (χ3n) is 3.21. The largest absolute Gasteiger partial charge is 0.464 e. The van der Waals surface area contributed by atoms with Crippen molar-refractivity contribution in [1.29, 1.82) is 0 Å². The average molecular weight is 321 g/mol. The highest BCUT2D eigenvalue weighted by molar-refractivity contribution is 6.30. The number of hydrogen-bond acceptors (Lipinski definition) is 4. The van der Waals surface area contributed by atoms with Gasteiger partial charge >= 0.3 is 5.97 Å². The molecule has 116 valence electrons. The third-order valence-corrected chi connectivity index (χ3v) is 3.46. The van der Waals surface area contributed by atoms with E-state index in [1.807, 2.05) is 19.1 Å². The van der Waals surface area contributed by atoms with Crippen LogP contribution >= 0.6 is 11.6 Å². The standard InChI is InChI=1S/C16H17ClN2O3/c1-3-14(16(21)22-4-2)19-15(20)10-9-13(18-19)11-5-7-12(17)8-6-11/h5-10,14H,3-4H2,1-2H3/t14-/m1/s1. The summed E-state index contributed by atoms with van der Waals surface area (Å²) < 4.78 is 6.19. The van der Waals surface area contributed by atoms with Crippen LogP contribution in [-0.2, 0) is 9.53 Å². The van der Waals surface area contributed by atoms with Gasteiger partial charge in [0.05, 0.1) is 12.3 Å². The van der Waals surface area contributed by atoms with E-state index in [0.29, 0.717) is 17.1 Å². The first kappa shape index (κ1) is 16.2. The zero-order valence-corrected chi connectivity index (χ0v) is 13.2. The van der Waals surface area contributed by atoms with E-state index in [4.69, 9.17) is 16.3 Å². The predicted molar refractivity (Wildman–Crippen MR) is 84.9 cm³/mol. The summed E-state index contributed by atoms with van der Waals surface area (Å²) in [6, 6.07) is 9.42. The lowest BCUT2D eigenvalue weighted by Crippen LogP contribution is -2.32. The van der Waals surface area contributed by atoms with Gasteiger partial charge in [-0.05, 0) is 31.5 Å². The lowest BCUT2D eigenvalue weighted by Gasteiger charge is -2.16. The van der Waals surface area contributed by atoms with Crippen LogP contribution in [0.2, 0.25) is 5.02 Å². The van der Waals surface area contributed by atoms with Gasteiger partial charge in [0.15, 0.2) is 6.04 Å². The van der Waals surface area contributed by atoms with Crippen molar-refractivity contribution in [2.75, 3.05) is 6.61 Å². The van der Waals surface area contributed by atoms with Crippen molar-refractivity contribution >= 4 is 17.6 Å². The Morgan fingerprint density at radius 2 is 1.91 bits per heavy atom. The lowest BCUT2D eigenvalue weighted by atomic mass is 10.1. The Morgan fingerprint density at radius 3 is 2.50 bits per heavy atom. The monoisotopic (exact) mass is 320 g/mol. The van der Waals surface area contributed by atoms with Crippen LogP contribution in [0.5, 0.6) is 0 Å². The topological polar surface area (TPSA) is 61.2 Å². The van der Waals surface area contributed by atoms with E-state index in [2.05, 4.69) is 5.10 Å². The Kier molecular flexibility index (Phi) is 5.33. The molecular weight excluding hydrogens is 304 g/mol. The molecule has 0 unspecified atom stereocenters. The Balaban J connectivity index is 2.43. The lowest BCUT2D eigenvalue weighted by molar-refractivity contribution is -0.147. The number of ether oxygens (including phenoxy) is 1. The van der Waals surface area contributed by atoms with Gasteiger partial charge in [-0.25, -0.2) is 9.48 Å². The number of carbonyl (C=O) groups excluding carboxylic acids is 1. The molecule has 0 aliphatic heterocycles. The van der Waals surface area contributed by atoms with E-state index < -0.39 is 12.0 Å². The molecule has 1 atom stereocenters. The molecule has 5 nitrogen and oxygen atoms in total. The highest BCUT2D eigenvalue weighted by atomic mass is 35.5. The van der Waals surface area contributed by atoms with E-state index >= 15 is 0 Å². The summed E-state index contributed by atoms with van der Waals surface area (Å²) in [5, 5.41) is 4.93. The number of carbonyl (C=O) groups is 1. The number of esters is 1. The maximum absolute atomic E-state index is 12.0. The maximum atomic E-state index is 12.0. The number of rotatable bonds is 5. The van der Waals surface area contributed by atoms with E-state index in [1.165, 1.54) is 10.7 Å². The summed E-state index contributed by atoms with van der Waals surface area (Å²) in [4.78, 5) is 24.0. The molecule has 2 rings (SSSR count). The predicted octanol–water partition coefficient (Wildman–Crippen LogP) is 3.08. The van der Waals surface area contributed by atoms with Crippen LogP contribution in [0.25, 0.3) is 11.3 Å². The zero-order chi connectivity index (χ0) is 16.1. The quantitative estimate of drug-likeness (QED) is 0.794. The molecule has 0 saturated carbocycles. The van der Waals surface area contributed by atoms with Crippen LogP contribution in [0.15, 0.2) is 41.2 Å². The van der Waals surface area contributed by atoms with Crippen molar-refractivity contribution in [3.05, 3.63) is 51.8 Å². The molecule has 0 saturated heterocycles. The van der Waals surface area contributed by atoms with Gasteiger partial charge in [-0.2, -0.15) is 5.10 Å². The molecule has 0 N–H and O–H groups in total. The van der Waals surface area contributed by atoms with Crippen molar-refractivity contribution in [3.63, 3.8) is 0 Å². The third kappa shape index (κ3) is 3.54. The number of nitrogens with zero attached hydrogens (tertiary/aromatic N) is 2. The maximum Gasteiger partial charge on any atom is 0.331 e. The Morgan fingerprint density at radius 1 is 1.23 bits per heavy atom. The number of halogens is 1. The molecule has 0 aliphatic rings. The van der Waals surface area contributed by atoms with Crippen LogP contribution in [-0.4, -0.2) is 22.4 Å². The fraction of sp³-hybridized carbons (Fsp3) is 0.312. The Bertz CT molecular complexity index is 710. The van der Waals surface area contributed by atoms with Crippen LogP contribution in [0.3, 0.4) is 0 Å². The second-order valence-corrected chi connectivity index (χ2v) is 5.12. The molecule has 0 bridgehead atoms. The zero-order valence-electron chi connectivity index (χ0n) is 12.5. The number of hydrogen-bond donors (Lipinski definition) is 0. The highest BCUT2D eigenvalue weighted by Crippen LogP contribution is 2.19. The van der Waals surface area contributed by atoms with Crippen LogP contribution in [0.1, 0.15) is 26.3 Å². The Hall–Kier alpha value is -2.14. The van der Waals surface area contributed by atoms with E-state index in [0.717, 1.165) is 5.56 Å². The van der Waals surface area contributed by atoms with Crippen LogP contribution in [0.4, 0.5) is 0 Å². The van der Waals surface area contributed by atoms with Crippen molar-refractivity contribution < 1.29 is 9.53 Å². The van der Waals surface area contributed by atoms with Gasteiger partial charge in [0.2, 0.25) is 0 Å². The summed E-state index contributed by atoms with van der Waals surface area (Å²) in [5.41, 5.74) is 1.08. The minimum absolute atomic E-state index is 0.265. The molecule has 0 fully saturated rings. The molecule has 0 amide bonds. The molecule has 1 heterocycles. The summed E-state index contributed by atoms with van der Waals surface area (Å²) in [5.74, 6) is -0.451. The van der Waals surface area contributed by atoms with Gasteiger partial charge < -0.3 is 4.74 Å². The van der Waals surface area contributed by atoms with Crippen LogP contribution in [0, 0.1) is 0 Å².